The molecule has 1 heterocycles. The second kappa shape index (κ2) is 7.95. The van der Waals surface area contributed by atoms with Gasteiger partial charge in [-0.3, -0.25) is 4.55 Å². The number of nitrogens with zero attached hydrogens (tertiary/aromatic N) is 2. The molecule has 0 aromatic carbocycles. The van der Waals surface area contributed by atoms with Crippen molar-refractivity contribution in [3.05, 3.63) is 18.7 Å². The van der Waals surface area contributed by atoms with Crippen LogP contribution in [0.25, 0.3) is 0 Å². The summed E-state index contributed by atoms with van der Waals surface area (Å²) in [6.45, 7) is 1.69. The Hall–Kier alpha value is -0.400. The van der Waals surface area contributed by atoms with Crippen LogP contribution in [0.15, 0.2) is 18.7 Å². The first kappa shape index (κ1) is 16.0. The van der Waals surface area contributed by atoms with Gasteiger partial charge in [0, 0.05) is 19.4 Å². The van der Waals surface area contributed by atoms with Gasteiger partial charge in [0.25, 0.3) is 10.1 Å². The molecule has 14 heavy (non-hydrogen) atoms. The third-order valence-electron chi connectivity index (χ3n) is 1.10. The van der Waals surface area contributed by atoms with E-state index in [4.69, 9.17) is 4.55 Å². The number of hydrogen-bond donors (Lipinski definition) is 1. The van der Waals surface area contributed by atoms with E-state index < -0.39 is 10.1 Å². The molecule has 0 aliphatic heterocycles. The standard InChI is InChI=1S/C4H6N2.C3H8O3S.BrH/c1-6-3-2-5-4-6;1-2-3-7(4,5)6;/h2-4H,1H3;2-3H2,1H3,(H,4,5,6);1H. The summed E-state index contributed by atoms with van der Waals surface area (Å²) in [6, 6.07) is 0. The summed E-state index contributed by atoms with van der Waals surface area (Å²) in [6.07, 6.45) is 5.86. The number of aromatic nitrogens is 2. The van der Waals surface area contributed by atoms with Crippen LogP contribution in [0.1, 0.15) is 13.3 Å². The zero-order valence-corrected chi connectivity index (χ0v) is 10.7. The topological polar surface area (TPSA) is 72.2 Å². The molecule has 0 saturated heterocycles. The first-order chi connectivity index (χ1) is 5.95. The maximum atomic E-state index is 9.79. The fraction of sp³-hybridized carbons (Fsp3) is 0.571. The Labute approximate surface area is 94.7 Å². The molecule has 1 rings (SSSR count). The van der Waals surface area contributed by atoms with Gasteiger partial charge in [-0.2, -0.15) is 8.42 Å². The maximum Gasteiger partial charge on any atom is 0.264 e. The molecule has 0 bridgehead atoms. The van der Waals surface area contributed by atoms with E-state index in [1.807, 2.05) is 17.8 Å². The van der Waals surface area contributed by atoms with E-state index in [9.17, 15) is 8.42 Å². The minimum atomic E-state index is -3.67. The number of rotatable bonds is 2. The molecule has 0 radical (unpaired) electrons. The highest BCUT2D eigenvalue weighted by atomic mass is 79.9. The predicted molar refractivity (Wildman–Crippen MR) is 60.2 cm³/mol. The van der Waals surface area contributed by atoms with E-state index in [0.717, 1.165) is 0 Å². The van der Waals surface area contributed by atoms with Crippen molar-refractivity contribution in [3.63, 3.8) is 0 Å². The molecule has 0 aliphatic carbocycles. The molecule has 0 aliphatic rings. The average Bonchev–Trinajstić information content (AvgIpc) is 2.38. The molecule has 84 valence electrons. The van der Waals surface area contributed by atoms with Crippen molar-refractivity contribution in [2.45, 2.75) is 13.3 Å². The summed E-state index contributed by atoms with van der Waals surface area (Å²) < 4.78 is 29.5. The zero-order chi connectivity index (χ0) is 10.3. The Morgan fingerprint density at radius 2 is 2.07 bits per heavy atom. The first-order valence-corrected chi connectivity index (χ1v) is 5.43. The van der Waals surface area contributed by atoms with Gasteiger partial charge in [-0.05, 0) is 6.42 Å². The van der Waals surface area contributed by atoms with Crippen LogP contribution in [-0.4, -0.2) is 28.3 Å². The van der Waals surface area contributed by atoms with Crippen LogP contribution < -0.4 is 0 Å². The molecular formula is C7H15BrN2O3S. The molecule has 1 aromatic heterocycles. The summed E-state index contributed by atoms with van der Waals surface area (Å²) in [5.41, 5.74) is 0. The molecule has 0 atom stereocenters. The Morgan fingerprint density at radius 3 is 2.14 bits per heavy atom. The fourth-order valence-electron chi connectivity index (χ4n) is 0.584. The van der Waals surface area contributed by atoms with Gasteiger partial charge in [0.2, 0.25) is 0 Å². The van der Waals surface area contributed by atoms with Crippen molar-refractivity contribution in [1.82, 2.24) is 9.55 Å². The summed E-state index contributed by atoms with van der Waals surface area (Å²) in [4.78, 5) is 3.78. The van der Waals surface area contributed by atoms with Crippen LogP contribution in [0.4, 0.5) is 0 Å². The Morgan fingerprint density at radius 1 is 1.50 bits per heavy atom. The second-order valence-corrected chi connectivity index (χ2v) is 4.09. The molecule has 1 N–H and O–H groups in total. The number of imidazole rings is 1. The number of aryl methyl sites for hydroxylation is 1. The number of hydrogen-bond acceptors (Lipinski definition) is 3. The highest BCUT2D eigenvalue weighted by molar-refractivity contribution is 8.93. The lowest BCUT2D eigenvalue weighted by Gasteiger charge is -1.85. The van der Waals surface area contributed by atoms with E-state index in [1.54, 1.807) is 19.4 Å². The maximum absolute atomic E-state index is 9.79. The highest BCUT2D eigenvalue weighted by Crippen LogP contribution is 1.83. The van der Waals surface area contributed by atoms with Crippen LogP contribution in [0, 0.1) is 0 Å². The molecular weight excluding hydrogens is 272 g/mol. The summed E-state index contributed by atoms with van der Waals surface area (Å²) in [5.74, 6) is -0.132. The fourth-order valence-corrected chi connectivity index (χ4v) is 1.10. The van der Waals surface area contributed by atoms with E-state index in [1.165, 1.54) is 0 Å². The largest absolute Gasteiger partial charge is 0.341 e. The average molecular weight is 287 g/mol. The summed E-state index contributed by atoms with van der Waals surface area (Å²) in [5, 5.41) is 0. The van der Waals surface area contributed by atoms with Crippen LogP contribution in [0.5, 0.6) is 0 Å². The molecule has 0 fully saturated rings. The van der Waals surface area contributed by atoms with E-state index in [0.29, 0.717) is 6.42 Å². The van der Waals surface area contributed by atoms with Crippen molar-refractivity contribution < 1.29 is 13.0 Å². The van der Waals surface area contributed by atoms with Gasteiger partial charge in [-0.1, -0.05) is 6.92 Å². The van der Waals surface area contributed by atoms with Crippen LogP contribution >= 0.6 is 17.0 Å². The third kappa shape index (κ3) is 11.6. The Balaban J connectivity index is 0. The van der Waals surface area contributed by atoms with Gasteiger partial charge >= 0.3 is 0 Å². The molecule has 7 heteroatoms. The lowest BCUT2D eigenvalue weighted by molar-refractivity contribution is 0.482. The minimum absolute atomic E-state index is 0. The van der Waals surface area contributed by atoms with E-state index >= 15 is 0 Å². The highest BCUT2D eigenvalue weighted by Gasteiger charge is 1.98. The van der Waals surface area contributed by atoms with Gasteiger partial charge < -0.3 is 4.57 Å². The van der Waals surface area contributed by atoms with Gasteiger partial charge in [-0.15, -0.1) is 17.0 Å². The lowest BCUT2D eigenvalue weighted by atomic mass is 10.6. The van der Waals surface area contributed by atoms with Crippen molar-refractivity contribution in [3.8, 4) is 0 Å². The third-order valence-corrected chi connectivity index (χ3v) is 2.02. The SMILES string of the molecule is Br.CCCS(=O)(=O)O.Cn1ccnc1. The van der Waals surface area contributed by atoms with Crippen molar-refractivity contribution in [1.29, 1.82) is 0 Å². The monoisotopic (exact) mass is 286 g/mol. The normalized spacial score (nSPS) is 9.64. The smallest absolute Gasteiger partial charge is 0.264 e. The molecule has 0 spiro atoms. The van der Waals surface area contributed by atoms with E-state index in [2.05, 4.69) is 4.98 Å². The summed E-state index contributed by atoms with van der Waals surface area (Å²) >= 11 is 0. The quantitative estimate of drug-likeness (QED) is 0.832. The molecule has 5 nitrogen and oxygen atoms in total. The van der Waals surface area contributed by atoms with Crippen LogP contribution in [0.3, 0.4) is 0 Å². The Bertz CT molecular complexity index is 310. The van der Waals surface area contributed by atoms with Gasteiger partial charge in [0.15, 0.2) is 0 Å². The van der Waals surface area contributed by atoms with Crippen LogP contribution in [-0.2, 0) is 17.2 Å². The Kier molecular flexibility index (Phi) is 9.12. The molecule has 0 amide bonds. The summed E-state index contributed by atoms with van der Waals surface area (Å²) in [7, 11) is -1.74. The molecule has 1 aromatic rings. The molecule has 0 saturated carbocycles. The lowest BCUT2D eigenvalue weighted by Crippen LogP contribution is -2.01. The predicted octanol–water partition coefficient (Wildman–Crippen LogP) is 1.28. The van der Waals surface area contributed by atoms with Crippen molar-refractivity contribution >= 4 is 27.1 Å². The van der Waals surface area contributed by atoms with Crippen molar-refractivity contribution in [2.24, 2.45) is 7.05 Å². The van der Waals surface area contributed by atoms with Crippen LogP contribution in [0.2, 0.25) is 0 Å². The first-order valence-electron chi connectivity index (χ1n) is 3.83. The van der Waals surface area contributed by atoms with Gasteiger partial charge in [0.05, 0.1) is 12.1 Å². The zero-order valence-electron chi connectivity index (χ0n) is 8.12. The van der Waals surface area contributed by atoms with Gasteiger partial charge in [0.1, 0.15) is 0 Å². The molecule has 0 unspecified atom stereocenters. The minimum Gasteiger partial charge on any atom is -0.341 e. The van der Waals surface area contributed by atoms with E-state index in [-0.39, 0.29) is 22.7 Å². The number of halogens is 1. The van der Waals surface area contributed by atoms with Gasteiger partial charge in [-0.25, -0.2) is 4.98 Å². The van der Waals surface area contributed by atoms with Crippen molar-refractivity contribution in [2.75, 3.05) is 5.75 Å². The second-order valence-electron chi connectivity index (χ2n) is 2.51.